The fraction of sp³-hybridized carbons (Fsp3) is 0.647. The first-order valence-corrected chi connectivity index (χ1v) is 10.3. The van der Waals surface area contributed by atoms with E-state index in [-0.39, 0.29) is 13.2 Å². The van der Waals surface area contributed by atoms with Crippen molar-refractivity contribution < 1.29 is 36.1 Å². The fourth-order valence-corrected chi connectivity index (χ4v) is 4.49. The van der Waals surface area contributed by atoms with E-state index in [0.717, 1.165) is 12.1 Å². The molecular weight excluding hydrogens is 383 g/mol. The summed E-state index contributed by atoms with van der Waals surface area (Å²) >= 11 is 0. The fourth-order valence-electron chi connectivity index (χ4n) is 2.66. The maximum atomic E-state index is 13.5. The van der Waals surface area contributed by atoms with Gasteiger partial charge in [0.25, 0.3) is 0 Å². The highest BCUT2D eigenvalue weighted by Crippen LogP contribution is 2.49. The molecule has 1 heterocycles. The number of halogens is 3. The smallest absolute Gasteiger partial charge is 0.399 e. The standard InChI is InChI=1S/C17H25BF3O5P/c1-7-23-27(22,24-8-2)14-11-12(9-10-13(14)17(19,20)21)18-25-15(3,4)16(5,6)26-18/h9-11H,7-8H2,1-6H3. The van der Waals surface area contributed by atoms with Crippen LogP contribution in [0.3, 0.4) is 0 Å². The first kappa shape index (κ1) is 22.4. The van der Waals surface area contributed by atoms with Gasteiger partial charge in [-0.15, -0.1) is 0 Å². The van der Waals surface area contributed by atoms with Crippen LogP contribution in [0.15, 0.2) is 18.2 Å². The zero-order valence-electron chi connectivity index (χ0n) is 16.3. The maximum absolute atomic E-state index is 13.5. The predicted octanol–water partition coefficient (Wildman–Crippen LogP) is 3.90. The van der Waals surface area contributed by atoms with Gasteiger partial charge in [0.05, 0.1) is 35.3 Å². The van der Waals surface area contributed by atoms with Crippen LogP contribution in [-0.4, -0.2) is 31.5 Å². The van der Waals surface area contributed by atoms with Gasteiger partial charge in [0.15, 0.2) is 0 Å². The molecule has 1 saturated heterocycles. The molecule has 152 valence electrons. The van der Waals surface area contributed by atoms with Crippen LogP contribution < -0.4 is 10.8 Å². The average Bonchev–Trinajstić information content (AvgIpc) is 2.74. The number of hydrogen-bond acceptors (Lipinski definition) is 5. The van der Waals surface area contributed by atoms with Crippen molar-refractivity contribution in [2.45, 2.75) is 58.9 Å². The van der Waals surface area contributed by atoms with E-state index in [1.165, 1.54) is 19.9 Å². The first-order valence-electron chi connectivity index (χ1n) is 8.74. The van der Waals surface area contributed by atoms with Gasteiger partial charge >= 0.3 is 20.9 Å². The molecule has 0 saturated carbocycles. The summed E-state index contributed by atoms with van der Waals surface area (Å²) in [6, 6.07) is 3.27. The molecule has 2 rings (SSSR count). The number of hydrogen-bond donors (Lipinski definition) is 0. The molecule has 1 aliphatic heterocycles. The topological polar surface area (TPSA) is 54.0 Å². The summed E-state index contributed by atoms with van der Waals surface area (Å²) in [5, 5.41) is -0.536. The molecular formula is C17H25BF3O5P. The zero-order valence-corrected chi connectivity index (χ0v) is 17.2. The minimum absolute atomic E-state index is 0.0602. The summed E-state index contributed by atoms with van der Waals surface area (Å²) in [7, 11) is -5.06. The normalized spacial score (nSPS) is 19.5. The van der Waals surface area contributed by atoms with Gasteiger partial charge < -0.3 is 18.4 Å². The van der Waals surface area contributed by atoms with Crippen molar-refractivity contribution in [2.24, 2.45) is 0 Å². The molecule has 0 spiro atoms. The summed E-state index contributed by atoms with van der Waals surface area (Å²) in [5.41, 5.74) is -2.07. The van der Waals surface area contributed by atoms with Crippen LogP contribution in [-0.2, 0) is 29.1 Å². The highest BCUT2D eigenvalue weighted by Gasteiger charge is 2.52. The quantitative estimate of drug-likeness (QED) is 0.528. The average molecular weight is 408 g/mol. The Morgan fingerprint density at radius 1 is 1.04 bits per heavy atom. The van der Waals surface area contributed by atoms with Gasteiger partial charge in [-0.1, -0.05) is 6.07 Å². The molecule has 10 heteroatoms. The molecule has 0 bridgehead atoms. The van der Waals surface area contributed by atoms with Crippen molar-refractivity contribution in [2.75, 3.05) is 13.2 Å². The van der Waals surface area contributed by atoms with Crippen molar-refractivity contribution in [3.63, 3.8) is 0 Å². The second-order valence-corrected chi connectivity index (χ2v) is 9.19. The Labute approximate surface area is 158 Å². The van der Waals surface area contributed by atoms with Gasteiger partial charge in [-0.2, -0.15) is 13.2 Å². The number of rotatable bonds is 6. The summed E-state index contributed by atoms with van der Waals surface area (Å²) < 4.78 is 75.7. The molecule has 0 atom stereocenters. The lowest BCUT2D eigenvalue weighted by atomic mass is 9.79. The lowest BCUT2D eigenvalue weighted by Gasteiger charge is -2.32. The van der Waals surface area contributed by atoms with Crippen LogP contribution in [0.25, 0.3) is 0 Å². The minimum Gasteiger partial charge on any atom is -0.399 e. The van der Waals surface area contributed by atoms with Gasteiger partial charge in [-0.25, -0.2) is 0 Å². The molecule has 0 aromatic heterocycles. The Kier molecular flexibility index (Phi) is 6.25. The van der Waals surface area contributed by atoms with Gasteiger partial charge in [0, 0.05) is 0 Å². The number of alkyl halides is 3. The molecule has 0 N–H and O–H groups in total. The summed E-state index contributed by atoms with van der Waals surface area (Å²) in [5.74, 6) is 0. The molecule has 27 heavy (non-hydrogen) atoms. The largest absolute Gasteiger partial charge is 0.494 e. The Bertz CT molecular complexity index is 710. The third-order valence-electron chi connectivity index (χ3n) is 4.75. The Morgan fingerprint density at radius 3 is 1.93 bits per heavy atom. The Morgan fingerprint density at radius 2 is 1.52 bits per heavy atom. The van der Waals surface area contributed by atoms with Gasteiger partial charge in [-0.3, -0.25) is 4.57 Å². The van der Waals surface area contributed by atoms with Crippen LogP contribution in [0.5, 0.6) is 0 Å². The van der Waals surface area contributed by atoms with Crippen LogP contribution in [0.1, 0.15) is 47.1 Å². The molecule has 1 fully saturated rings. The monoisotopic (exact) mass is 408 g/mol. The summed E-state index contributed by atoms with van der Waals surface area (Å²) in [6.07, 6.45) is -4.71. The lowest BCUT2D eigenvalue weighted by molar-refractivity contribution is -0.136. The third-order valence-corrected chi connectivity index (χ3v) is 6.90. The van der Waals surface area contributed by atoms with Crippen molar-refractivity contribution in [1.82, 2.24) is 0 Å². The zero-order chi connectivity index (χ0) is 20.7. The van der Waals surface area contributed by atoms with Gasteiger partial charge in [-0.05, 0) is 59.1 Å². The van der Waals surface area contributed by atoms with Crippen molar-refractivity contribution in [3.8, 4) is 0 Å². The van der Waals surface area contributed by atoms with E-state index < -0.39 is 43.0 Å². The van der Waals surface area contributed by atoms with Gasteiger partial charge in [0.1, 0.15) is 0 Å². The maximum Gasteiger partial charge on any atom is 0.494 e. The minimum atomic E-state index is -4.71. The molecule has 0 aliphatic carbocycles. The van der Waals surface area contributed by atoms with E-state index in [1.807, 2.05) is 27.7 Å². The molecule has 1 aromatic carbocycles. The van der Waals surface area contributed by atoms with E-state index in [1.54, 1.807) is 0 Å². The lowest BCUT2D eigenvalue weighted by Crippen LogP contribution is -2.41. The van der Waals surface area contributed by atoms with E-state index in [9.17, 15) is 17.7 Å². The van der Waals surface area contributed by atoms with E-state index in [2.05, 4.69) is 0 Å². The van der Waals surface area contributed by atoms with E-state index in [0.29, 0.717) is 5.46 Å². The second kappa shape index (κ2) is 7.52. The van der Waals surface area contributed by atoms with E-state index in [4.69, 9.17) is 18.4 Å². The van der Waals surface area contributed by atoms with Crippen LogP contribution in [0.4, 0.5) is 13.2 Å². The molecule has 0 radical (unpaired) electrons. The summed E-state index contributed by atoms with van der Waals surface area (Å²) in [6.45, 7) is 10.3. The highest BCUT2D eigenvalue weighted by atomic mass is 31.2. The molecule has 0 amide bonds. The van der Waals surface area contributed by atoms with Crippen molar-refractivity contribution in [3.05, 3.63) is 23.8 Å². The number of benzene rings is 1. The van der Waals surface area contributed by atoms with Crippen molar-refractivity contribution >= 4 is 25.5 Å². The molecule has 0 unspecified atom stereocenters. The highest BCUT2D eigenvalue weighted by molar-refractivity contribution is 7.62. The third kappa shape index (κ3) is 4.43. The van der Waals surface area contributed by atoms with Crippen LogP contribution >= 0.6 is 7.60 Å². The Balaban J connectivity index is 2.58. The predicted molar refractivity (Wildman–Crippen MR) is 97.7 cm³/mol. The van der Waals surface area contributed by atoms with Crippen LogP contribution in [0, 0.1) is 0 Å². The SMILES string of the molecule is CCOP(=O)(OCC)c1cc(B2OC(C)(C)C(C)(C)O2)ccc1C(F)(F)F. The first-order chi connectivity index (χ1) is 12.3. The van der Waals surface area contributed by atoms with Crippen molar-refractivity contribution in [1.29, 1.82) is 0 Å². The molecule has 1 aliphatic rings. The summed E-state index contributed by atoms with van der Waals surface area (Å²) in [4.78, 5) is 0. The Hall–Kier alpha value is -0.855. The molecule has 1 aromatic rings. The van der Waals surface area contributed by atoms with E-state index >= 15 is 0 Å². The van der Waals surface area contributed by atoms with Crippen LogP contribution in [0.2, 0.25) is 0 Å². The second-order valence-electron chi connectivity index (χ2n) is 7.20. The molecule has 5 nitrogen and oxygen atoms in total. The van der Waals surface area contributed by atoms with Gasteiger partial charge in [0.2, 0.25) is 0 Å².